The Labute approximate surface area is 203 Å². The molecule has 2 aromatic heterocycles. The lowest BCUT2D eigenvalue weighted by molar-refractivity contribution is 0.0522. The first-order valence-electron chi connectivity index (χ1n) is 11.4. The molecule has 11 heteroatoms. The van der Waals surface area contributed by atoms with Gasteiger partial charge in [-0.15, -0.1) is 0 Å². The fraction of sp³-hybridized carbons (Fsp3) is 0.458. The smallest absolute Gasteiger partial charge is 0.407 e. The number of carboxylic acid groups (broad SMARTS) is 1. The average molecular weight is 486 g/mol. The number of alkyl carbamates (subject to hydrolysis) is 1. The van der Waals surface area contributed by atoms with E-state index in [2.05, 4.69) is 25.6 Å². The van der Waals surface area contributed by atoms with E-state index < -0.39 is 17.7 Å². The van der Waals surface area contributed by atoms with Crippen LogP contribution in [0.5, 0.6) is 5.88 Å². The van der Waals surface area contributed by atoms with Crippen LogP contribution in [-0.4, -0.2) is 71.1 Å². The maximum absolute atomic E-state index is 11.6. The number of carbonyl (C=O) groups is 2. The molecule has 1 aromatic carbocycles. The summed E-state index contributed by atoms with van der Waals surface area (Å²) in [6.45, 7) is 7.05. The molecular weight excluding hydrogens is 454 g/mol. The Morgan fingerprint density at radius 1 is 1.06 bits per heavy atom. The molecule has 11 nitrogen and oxygen atoms in total. The number of pyridine rings is 1. The summed E-state index contributed by atoms with van der Waals surface area (Å²) < 4.78 is 16.7. The maximum Gasteiger partial charge on any atom is 0.407 e. The molecule has 0 aliphatic heterocycles. The van der Waals surface area contributed by atoms with E-state index in [-0.39, 0.29) is 18.1 Å². The topological polar surface area (TPSA) is 145 Å². The van der Waals surface area contributed by atoms with Crippen LogP contribution in [-0.2, 0) is 9.47 Å². The number of benzene rings is 1. The van der Waals surface area contributed by atoms with Gasteiger partial charge in [-0.2, -0.15) is 0 Å². The summed E-state index contributed by atoms with van der Waals surface area (Å²) in [7, 11) is 1.71. The highest BCUT2D eigenvalue weighted by Crippen LogP contribution is 2.30. The van der Waals surface area contributed by atoms with E-state index in [0.29, 0.717) is 42.1 Å². The van der Waals surface area contributed by atoms with E-state index in [4.69, 9.17) is 14.2 Å². The molecular formula is C24H31N5O6. The zero-order valence-corrected chi connectivity index (χ0v) is 20.4. The number of amides is 1. The second-order valence-electron chi connectivity index (χ2n) is 8.76. The number of nitrogens with one attached hydrogen (secondary N) is 2. The molecule has 0 radical (unpaired) electrons. The number of carbonyl (C=O) groups excluding carboxylic acids is 1. The van der Waals surface area contributed by atoms with Gasteiger partial charge in [0.1, 0.15) is 17.7 Å². The van der Waals surface area contributed by atoms with E-state index >= 15 is 0 Å². The Balaban J connectivity index is 1.54. The molecule has 35 heavy (non-hydrogen) atoms. The summed E-state index contributed by atoms with van der Waals surface area (Å²) in [4.78, 5) is 36.2. The highest BCUT2D eigenvalue weighted by Gasteiger charge is 2.16. The minimum atomic E-state index is -1.03. The highest BCUT2D eigenvalue weighted by molar-refractivity contribution is 6.07. The van der Waals surface area contributed by atoms with Crippen molar-refractivity contribution in [1.82, 2.24) is 20.3 Å². The van der Waals surface area contributed by atoms with Crippen LogP contribution in [0.15, 0.2) is 24.4 Å². The lowest BCUT2D eigenvalue weighted by Gasteiger charge is -2.19. The summed E-state index contributed by atoms with van der Waals surface area (Å²) >= 11 is 0. The van der Waals surface area contributed by atoms with Gasteiger partial charge in [-0.1, -0.05) is 6.07 Å². The number of ether oxygens (including phenoxy) is 3. The van der Waals surface area contributed by atoms with Crippen LogP contribution in [0.4, 0.5) is 10.7 Å². The number of rotatable bonds is 11. The lowest BCUT2D eigenvalue weighted by Crippen LogP contribution is -2.33. The second kappa shape index (κ2) is 11.6. The van der Waals surface area contributed by atoms with Gasteiger partial charge in [-0.25, -0.2) is 24.5 Å². The zero-order chi connectivity index (χ0) is 25.4. The van der Waals surface area contributed by atoms with Crippen LogP contribution >= 0.6 is 0 Å². The van der Waals surface area contributed by atoms with Crippen LogP contribution < -0.4 is 15.4 Å². The van der Waals surface area contributed by atoms with Crippen molar-refractivity contribution < 1.29 is 28.9 Å². The monoisotopic (exact) mass is 485 g/mol. The minimum absolute atomic E-state index is 0.132. The van der Waals surface area contributed by atoms with Crippen molar-refractivity contribution in [1.29, 1.82) is 0 Å². The molecule has 0 saturated heterocycles. The first-order valence-corrected chi connectivity index (χ1v) is 11.4. The standard InChI is InChI=1S/C24H31N5O6/c1-24(2,3)35-23(32)26-9-5-6-10-33-11-12-34-20-19-17(14-27-22(25-4)29-19)16-8-7-15(21(30)31)13-18(16)28-20/h7-8,13-14H,5-6,9-12H2,1-4H3,(H,26,32)(H,30,31)(H,25,27,29). The van der Waals surface area contributed by atoms with Crippen molar-refractivity contribution in [2.75, 3.05) is 38.7 Å². The average Bonchev–Trinajstić information content (AvgIpc) is 2.80. The van der Waals surface area contributed by atoms with Crippen LogP contribution in [0.3, 0.4) is 0 Å². The van der Waals surface area contributed by atoms with Gasteiger partial charge in [0.05, 0.1) is 17.7 Å². The Morgan fingerprint density at radius 3 is 2.57 bits per heavy atom. The maximum atomic E-state index is 11.6. The molecule has 188 valence electrons. The third-order valence-electron chi connectivity index (χ3n) is 4.82. The molecule has 1 amide bonds. The fourth-order valence-electron chi connectivity index (χ4n) is 3.24. The molecule has 0 aliphatic carbocycles. The van der Waals surface area contributed by atoms with Gasteiger partial charge in [-0.3, -0.25) is 0 Å². The minimum Gasteiger partial charge on any atom is -0.478 e. The summed E-state index contributed by atoms with van der Waals surface area (Å²) in [5, 5.41) is 16.4. The predicted octanol–water partition coefficient (Wildman–Crippen LogP) is 3.62. The second-order valence-corrected chi connectivity index (χ2v) is 8.76. The Kier molecular flexibility index (Phi) is 8.58. The van der Waals surface area contributed by atoms with Crippen LogP contribution in [0.25, 0.3) is 21.8 Å². The number of aromatic nitrogens is 3. The molecule has 3 rings (SSSR count). The summed E-state index contributed by atoms with van der Waals surface area (Å²) in [5.74, 6) is -0.339. The number of anilines is 1. The summed E-state index contributed by atoms with van der Waals surface area (Å²) in [5.41, 5.74) is 0.616. The van der Waals surface area contributed by atoms with Gasteiger partial charge in [0.25, 0.3) is 0 Å². The number of aromatic carboxylic acids is 1. The van der Waals surface area contributed by atoms with Crippen molar-refractivity contribution in [2.24, 2.45) is 0 Å². The van der Waals surface area contributed by atoms with Gasteiger partial charge in [0, 0.05) is 37.2 Å². The van der Waals surface area contributed by atoms with Gasteiger partial charge in [0.2, 0.25) is 11.8 Å². The van der Waals surface area contributed by atoms with E-state index in [1.807, 2.05) is 20.8 Å². The lowest BCUT2D eigenvalue weighted by atomic mass is 10.1. The first kappa shape index (κ1) is 25.9. The Morgan fingerprint density at radius 2 is 1.86 bits per heavy atom. The molecule has 0 atom stereocenters. The summed E-state index contributed by atoms with van der Waals surface area (Å²) in [6, 6.07) is 4.72. The first-order chi connectivity index (χ1) is 16.7. The van der Waals surface area contributed by atoms with Crippen molar-refractivity contribution in [3.63, 3.8) is 0 Å². The van der Waals surface area contributed by atoms with Crippen LogP contribution in [0, 0.1) is 0 Å². The van der Waals surface area contributed by atoms with Crippen molar-refractivity contribution in [2.45, 2.75) is 39.2 Å². The molecule has 0 aliphatic rings. The SMILES string of the molecule is CNc1ncc2c(n1)c(OCCOCCCCNC(=O)OC(C)(C)C)nc1cc(C(=O)O)ccc12. The fourth-order valence-corrected chi connectivity index (χ4v) is 3.24. The van der Waals surface area contributed by atoms with Crippen LogP contribution in [0.1, 0.15) is 44.0 Å². The van der Waals surface area contributed by atoms with Crippen molar-refractivity contribution in [3.05, 3.63) is 30.0 Å². The third-order valence-corrected chi connectivity index (χ3v) is 4.82. The molecule has 0 saturated carbocycles. The number of fused-ring (bicyclic) bond motifs is 3. The van der Waals surface area contributed by atoms with E-state index in [1.54, 1.807) is 19.3 Å². The van der Waals surface area contributed by atoms with Gasteiger partial charge >= 0.3 is 12.1 Å². The van der Waals surface area contributed by atoms with Gasteiger partial charge < -0.3 is 30.0 Å². The van der Waals surface area contributed by atoms with Crippen LogP contribution in [0.2, 0.25) is 0 Å². The molecule has 0 spiro atoms. The van der Waals surface area contributed by atoms with Gasteiger partial charge in [-0.05, 0) is 45.7 Å². The molecule has 0 unspecified atom stereocenters. The number of nitrogens with zero attached hydrogens (tertiary/aromatic N) is 3. The molecule has 0 bridgehead atoms. The molecule has 3 aromatic rings. The number of unbranched alkanes of at least 4 members (excludes halogenated alkanes) is 1. The van der Waals surface area contributed by atoms with E-state index in [1.165, 1.54) is 12.1 Å². The largest absolute Gasteiger partial charge is 0.478 e. The van der Waals surface area contributed by atoms with Crippen molar-refractivity contribution in [3.8, 4) is 5.88 Å². The normalized spacial score (nSPS) is 11.4. The van der Waals surface area contributed by atoms with Crippen molar-refractivity contribution >= 4 is 39.8 Å². The quantitative estimate of drug-likeness (QED) is 0.272. The number of carboxylic acids is 1. The highest BCUT2D eigenvalue weighted by atomic mass is 16.6. The molecule has 2 heterocycles. The zero-order valence-electron chi connectivity index (χ0n) is 20.4. The van der Waals surface area contributed by atoms with Gasteiger partial charge in [0.15, 0.2) is 0 Å². The number of hydrogen-bond donors (Lipinski definition) is 3. The molecule has 3 N–H and O–H groups in total. The Hall–Kier alpha value is -3.73. The third kappa shape index (κ3) is 7.38. The van der Waals surface area contributed by atoms with E-state index in [9.17, 15) is 14.7 Å². The predicted molar refractivity (Wildman–Crippen MR) is 131 cm³/mol. The van der Waals surface area contributed by atoms with E-state index in [0.717, 1.165) is 18.2 Å². The number of hydrogen-bond acceptors (Lipinski definition) is 9. The molecule has 0 fully saturated rings. The summed E-state index contributed by atoms with van der Waals surface area (Å²) in [6.07, 6.45) is 2.76. The Bertz CT molecular complexity index is 1190.